The highest BCUT2D eigenvalue weighted by Crippen LogP contribution is 2.61. The molecule has 114 valence electrons. The fraction of sp³-hybridized carbons (Fsp3) is 0.812. The van der Waals surface area contributed by atoms with Gasteiger partial charge in [0.15, 0.2) is 5.79 Å². The molecular weight excluding hydrogens is 256 g/mol. The Balaban J connectivity index is 2.32. The Bertz CT molecular complexity index is 407. The molecule has 1 aliphatic heterocycles. The maximum atomic E-state index is 12.0. The van der Waals surface area contributed by atoms with Crippen molar-refractivity contribution < 1.29 is 19.0 Å². The van der Waals surface area contributed by atoms with Gasteiger partial charge in [0.25, 0.3) is 0 Å². The zero-order valence-electron chi connectivity index (χ0n) is 13.1. The molecule has 0 radical (unpaired) electrons. The predicted molar refractivity (Wildman–Crippen MR) is 76.1 cm³/mol. The Morgan fingerprint density at radius 1 is 1.30 bits per heavy atom. The molecule has 0 aromatic heterocycles. The first-order chi connectivity index (χ1) is 9.29. The molecule has 1 saturated carbocycles. The number of hydrogen-bond acceptors (Lipinski definition) is 4. The molecule has 0 amide bonds. The number of hydrogen-bond donors (Lipinski definition) is 0. The van der Waals surface area contributed by atoms with Crippen LogP contribution in [0.2, 0.25) is 0 Å². The van der Waals surface area contributed by atoms with Gasteiger partial charge in [-0.15, -0.1) is 0 Å². The second-order valence-corrected chi connectivity index (χ2v) is 6.49. The number of carbonyl (C=O) groups excluding carboxylic acids is 1. The molecule has 0 N–H and O–H groups in total. The Morgan fingerprint density at radius 2 is 1.90 bits per heavy atom. The van der Waals surface area contributed by atoms with Crippen molar-refractivity contribution in [2.45, 2.75) is 52.7 Å². The van der Waals surface area contributed by atoms with Crippen LogP contribution in [0.1, 0.15) is 47.0 Å². The van der Waals surface area contributed by atoms with Crippen molar-refractivity contribution in [1.29, 1.82) is 0 Å². The molecule has 1 spiro atoms. The van der Waals surface area contributed by atoms with Gasteiger partial charge in [0, 0.05) is 17.3 Å². The van der Waals surface area contributed by atoms with E-state index in [0.717, 1.165) is 18.4 Å². The second-order valence-electron chi connectivity index (χ2n) is 6.49. The Morgan fingerprint density at radius 3 is 2.45 bits per heavy atom. The summed E-state index contributed by atoms with van der Waals surface area (Å²) in [5.41, 5.74) is 0.362. The SMILES string of the molecule is C=C1CCC2(OCCO2)C(C)(C)[C@@]1(C)CC(=O)OCC. The first-order valence-corrected chi connectivity index (χ1v) is 7.41. The third-order valence-corrected chi connectivity index (χ3v) is 5.42. The molecule has 1 saturated heterocycles. The lowest BCUT2D eigenvalue weighted by Gasteiger charge is -2.57. The van der Waals surface area contributed by atoms with E-state index in [4.69, 9.17) is 14.2 Å². The van der Waals surface area contributed by atoms with Gasteiger partial charge >= 0.3 is 5.97 Å². The van der Waals surface area contributed by atoms with Crippen LogP contribution in [0.3, 0.4) is 0 Å². The quantitative estimate of drug-likeness (QED) is 0.589. The molecule has 4 heteroatoms. The van der Waals surface area contributed by atoms with E-state index >= 15 is 0 Å². The number of ether oxygens (including phenoxy) is 3. The van der Waals surface area contributed by atoms with Crippen molar-refractivity contribution in [3.8, 4) is 0 Å². The van der Waals surface area contributed by atoms with Gasteiger partial charge < -0.3 is 14.2 Å². The van der Waals surface area contributed by atoms with Crippen molar-refractivity contribution in [2.75, 3.05) is 19.8 Å². The molecule has 20 heavy (non-hydrogen) atoms. The summed E-state index contributed by atoms with van der Waals surface area (Å²) in [5.74, 6) is -0.783. The zero-order chi connectivity index (χ0) is 15.0. The minimum Gasteiger partial charge on any atom is -0.466 e. The summed E-state index contributed by atoms with van der Waals surface area (Å²) in [5, 5.41) is 0. The first-order valence-electron chi connectivity index (χ1n) is 7.41. The van der Waals surface area contributed by atoms with Crippen LogP contribution in [0.5, 0.6) is 0 Å². The first kappa shape index (κ1) is 15.5. The van der Waals surface area contributed by atoms with Crippen LogP contribution in [0.4, 0.5) is 0 Å². The summed E-state index contributed by atoms with van der Waals surface area (Å²) in [6.07, 6.45) is 1.94. The van der Waals surface area contributed by atoms with E-state index in [1.807, 2.05) is 6.92 Å². The largest absolute Gasteiger partial charge is 0.466 e. The van der Waals surface area contributed by atoms with Gasteiger partial charge in [-0.2, -0.15) is 0 Å². The van der Waals surface area contributed by atoms with Gasteiger partial charge in [-0.3, -0.25) is 4.79 Å². The van der Waals surface area contributed by atoms with E-state index in [0.29, 0.717) is 26.2 Å². The summed E-state index contributed by atoms with van der Waals surface area (Å²) in [7, 11) is 0. The third-order valence-electron chi connectivity index (χ3n) is 5.42. The van der Waals surface area contributed by atoms with Crippen LogP contribution in [0, 0.1) is 10.8 Å². The lowest BCUT2D eigenvalue weighted by molar-refractivity contribution is -0.270. The highest BCUT2D eigenvalue weighted by molar-refractivity contribution is 5.71. The van der Waals surface area contributed by atoms with Crippen LogP contribution in [-0.4, -0.2) is 31.6 Å². The van der Waals surface area contributed by atoms with Gasteiger partial charge in [0.05, 0.1) is 26.2 Å². The van der Waals surface area contributed by atoms with E-state index in [1.54, 1.807) is 0 Å². The summed E-state index contributed by atoms with van der Waals surface area (Å²) in [6, 6.07) is 0. The van der Waals surface area contributed by atoms with Gasteiger partial charge in [0.1, 0.15) is 0 Å². The lowest BCUT2D eigenvalue weighted by Crippen LogP contribution is -2.58. The summed E-state index contributed by atoms with van der Waals surface area (Å²) >= 11 is 0. The fourth-order valence-electron chi connectivity index (χ4n) is 3.57. The van der Waals surface area contributed by atoms with Crippen molar-refractivity contribution >= 4 is 5.97 Å². The standard InChI is InChI=1S/C16H26O4/c1-6-18-13(17)11-15(5)12(2)7-8-16(14(15,3)4)19-9-10-20-16/h2,6-11H2,1,3-5H3/t15-/m0/s1. The molecule has 1 heterocycles. The molecule has 4 nitrogen and oxygen atoms in total. The Hall–Kier alpha value is -0.870. The van der Waals surface area contributed by atoms with Gasteiger partial charge in [-0.05, 0) is 13.3 Å². The Kier molecular flexibility index (Phi) is 4.00. The van der Waals surface area contributed by atoms with Crippen LogP contribution >= 0.6 is 0 Å². The smallest absolute Gasteiger partial charge is 0.306 e. The van der Waals surface area contributed by atoms with E-state index < -0.39 is 5.79 Å². The summed E-state index contributed by atoms with van der Waals surface area (Å²) in [4.78, 5) is 12.0. The predicted octanol–water partition coefficient (Wildman–Crippen LogP) is 3.07. The molecular formula is C16H26O4. The number of rotatable bonds is 3. The van der Waals surface area contributed by atoms with Crippen LogP contribution in [0.25, 0.3) is 0 Å². The van der Waals surface area contributed by atoms with Crippen molar-refractivity contribution in [3.63, 3.8) is 0 Å². The monoisotopic (exact) mass is 282 g/mol. The number of esters is 1. The van der Waals surface area contributed by atoms with E-state index in [1.165, 1.54) is 0 Å². The molecule has 0 unspecified atom stereocenters. The van der Waals surface area contributed by atoms with Gasteiger partial charge in [0.2, 0.25) is 0 Å². The summed E-state index contributed by atoms with van der Waals surface area (Å²) < 4.78 is 17.1. The van der Waals surface area contributed by atoms with Crippen molar-refractivity contribution in [3.05, 3.63) is 12.2 Å². The minimum atomic E-state index is -0.602. The lowest BCUT2D eigenvalue weighted by atomic mass is 9.52. The van der Waals surface area contributed by atoms with Gasteiger partial charge in [-0.25, -0.2) is 0 Å². The number of carbonyl (C=O) groups is 1. The zero-order valence-corrected chi connectivity index (χ0v) is 13.1. The molecule has 0 aromatic rings. The molecule has 2 rings (SSSR count). The van der Waals surface area contributed by atoms with Crippen LogP contribution in [-0.2, 0) is 19.0 Å². The van der Waals surface area contributed by atoms with Gasteiger partial charge in [-0.1, -0.05) is 32.9 Å². The third kappa shape index (κ3) is 2.09. The molecule has 1 atom stereocenters. The summed E-state index contributed by atoms with van der Waals surface area (Å²) in [6.45, 7) is 14.0. The number of allylic oxidation sites excluding steroid dienone is 1. The van der Waals surface area contributed by atoms with Crippen molar-refractivity contribution in [2.24, 2.45) is 10.8 Å². The highest BCUT2D eigenvalue weighted by atomic mass is 16.7. The van der Waals surface area contributed by atoms with Crippen LogP contribution < -0.4 is 0 Å². The second kappa shape index (κ2) is 5.15. The average Bonchev–Trinajstić information content (AvgIpc) is 2.84. The van der Waals surface area contributed by atoms with Crippen LogP contribution in [0.15, 0.2) is 12.2 Å². The van der Waals surface area contributed by atoms with E-state index in [-0.39, 0.29) is 16.8 Å². The van der Waals surface area contributed by atoms with E-state index in [2.05, 4.69) is 27.4 Å². The molecule has 0 aromatic carbocycles. The molecule has 2 aliphatic rings. The maximum absolute atomic E-state index is 12.0. The van der Waals surface area contributed by atoms with Crippen molar-refractivity contribution in [1.82, 2.24) is 0 Å². The molecule has 2 fully saturated rings. The minimum absolute atomic E-state index is 0.181. The highest BCUT2D eigenvalue weighted by Gasteiger charge is 2.62. The maximum Gasteiger partial charge on any atom is 0.306 e. The fourth-order valence-corrected chi connectivity index (χ4v) is 3.57. The normalized spacial score (nSPS) is 31.5. The topological polar surface area (TPSA) is 44.8 Å². The Labute approximate surface area is 121 Å². The average molecular weight is 282 g/mol. The van der Waals surface area contributed by atoms with E-state index in [9.17, 15) is 4.79 Å². The molecule has 1 aliphatic carbocycles. The molecule has 0 bridgehead atoms.